The van der Waals surface area contributed by atoms with E-state index in [2.05, 4.69) is 4.72 Å². The molecule has 1 aromatic carbocycles. The van der Waals surface area contributed by atoms with E-state index in [0.717, 1.165) is 5.56 Å². The Morgan fingerprint density at radius 3 is 2.47 bits per heavy atom. The lowest BCUT2D eigenvalue weighted by molar-refractivity contribution is 0.180. The fourth-order valence-corrected chi connectivity index (χ4v) is 3.00. The number of nitrogens with one attached hydrogen (secondary N) is 1. The molecule has 106 valence electrons. The van der Waals surface area contributed by atoms with Crippen molar-refractivity contribution in [3.63, 3.8) is 0 Å². The second kappa shape index (κ2) is 6.95. The summed E-state index contributed by atoms with van der Waals surface area (Å²) in [4.78, 5) is 0.588. The van der Waals surface area contributed by atoms with E-state index in [-0.39, 0.29) is 10.9 Å². The van der Waals surface area contributed by atoms with E-state index < -0.39 is 10.0 Å². The van der Waals surface area contributed by atoms with Crippen LogP contribution in [0, 0.1) is 0 Å². The molecule has 3 N–H and O–H groups in total. The molecule has 0 spiro atoms. The van der Waals surface area contributed by atoms with Crippen LogP contribution in [-0.2, 0) is 21.2 Å². The number of sulfonamides is 1. The van der Waals surface area contributed by atoms with Gasteiger partial charge in [-0.2, -0.15) is 0 Å². The molecule has 0 saturated heterocycles. The van der Waals surface area contributed by atoms with Crippen LogP contribution in [0.25, 0.3) is 0 Å². The molecule has 0 aliphatic carbocycles. The van der Waals surface area contributed by atoms with Gasteiger partial charge in [-0.3, -0.25) is 0 Å². The van der Waals surface area contributed by atoms with Crippen molar-refractivity contribution in [2.45, 2.75) is 24.3 Å². The molecule has 7 heteroatoms. The summed E-state index contributed by atoms with van der Waals surface area (Å²) < 4.78 is 31.5. The Kier molecular flexibility index (Phi) is 5.86. The summed E-state index contributed by atoms with van der Waals surface area (Å²) in [6.07, 6.45) is 0.461. The molecule has 1 unspecified atom stereocenters. The molecule has 0 radical (unpaired) electrons. The molecule has 0 saturated carbocycles. The smallest absolute Gasteiger partial charge is 0.240 e. The molecule has 0 fully saturated rings. The van der Waals surface area contributed by atoms with Crippen LogP contribution < -0.4 is 10.5 Å². The summed E-state index contributed by atoms with van der Waals surface area (Å²) >= 11 is 4.80. The molecule has 0 aliphatic heterocycles. The number of methoxy groups -OCH3 is 1. The predicted octanol–water partition coefficient (Wildman–Crippen LogP) is 0.828. The van der Waals surface area contributed by atoms with Crippen molar-refractivity contribution in [2.75, 3.05) is 13.7 Å². The van der Waals surface area contributed by atoms with Crippen molar-refractivity contribution in [2.24, 2.45) is 5.73 Å². The lowest BCUT2D eigenvalue weighted by Gasteiger charge is -2.13. The molecule has 0 bridgehead atoms. The Morgan fingerprint density at radius 2 is 2.00 bits per heavy atom. The van der Waals surface area contributed by atoms with Crippen LogP contribution in [-0.4, -0.2) is 33.2 Å². The van der Waals surface area contributed by atoms with Gasteiger partial charge in [0.1, 0.15) is 0 Å². The molecule has 0 aromatic heterocycles. The Hall–Kier alpha value is -1.02. The van der Waals surface area contributed by atoms with E-state index >= 15 is 0 Å². The van der Waals surface area contributed by atoms with Crippen molar-refractivity contribution in [3.05, 3.63) is 29.8 Å². The summed E-state index contributed by atoms with van der Waals surface area (Å²) in [7, 11) is -2.00. The number of hydrogen-bond acceptors (Lipinski definition) is 4. The summed E-state index contributed by atoms with van der Waals surface area (Å²) in [5, 5.41) is 0. The van der Waals surface area contributed by atoms with Gasteiger partial charge in [0, 0.05) is 19.6 Å². The molecule has 1 atom stereocenters. The second-order valence-electron chi connectivity index (χ2n) is 4.26. The fourth-order valence-electron chi connectivity index (χ4n) is 1.60. The number of benzene rings is 1. The number of ether oxygens (including phenoxy) is 1. The molecule has 0 heterocycles. The highest BCUT2D eigenvalue weighted by molar-refractivity contribution is 7.89. The molecule has 1 rings (SSSR count). The van der Waals surface area contributed by atoms with E-state index in [1.807, 2.05) is 0 Å². The van der Waals surface area contributed by atoms with Gasteiger partial charge in [0.15, 0.2) is 0 Å². The lowest BCUT2D eigenvalue weighted by atomic mass is 10.1. The lowest BCUT2D eigenvalue weighted by Crippen LogP contribution is -2.35. The van der Waals surface area contributed by atoms with Gasteiger partial charge in [-0.15, -0.1) is 0 Å². The fraction of sp³-hybridized carbons (Fsp3) is 0.417. The summed E-state index contributed by atoms with van der Waals surface area (Å²) in [5.41, 5.74) is 6.32. The van der Waals surface area contributed by atoms with Crippen molar-refractivity contribution in [3.8, 4) is 0 Å². The highest BCUT2D eigenvalue weighted by Crippen LogP contribution is 2.11. The number of thiocarbonyl (C=S) groups is 1. The molecular formula is C12H18N2O3S2. The standard InChI is InChI=1S/C12H18N2O3S2/c1-9(8-17-2)14-19(15,16)11-5-3-10(4-6-11)7-12(13)18/h3-6,9,14H,7-8H2,1-2H3,(H2,13,18). The summed E-state index contributed by atoms with van der Waals surface area (Å²) in [6.45, 7) is 2.06. The minimum absolute atomic E-state index is 0.210. The quantitative estimate of drug-likeness (QED) is 0.729. The highest BCUT2D eigenvalue weighted by atomic mass is 32.2. The zero-order valence-electron chi connectivity index (χ0n) is 10.9. The van der Waals surface area contributed by atoms with Crippen LogP contribution >= 0.6 is 12.2 Å². The van der Waals surface area contributed by atoms with Gasteiger partial charge in [-0.25, -0.2) is 13.1 Å². The van der Waals surface area contributed by atoms with E-state index in [0.29, 0.717) is 18.0 Å². The van der Waals surface area contributed by atoms with Gasteiger partial charge < -0.3 is 10.5 Å². The van der Waals surface area contributed by atoms with Crippen LogP contribution in [0.15, 0.2) is 29.2 Å². The SMILES string of the molecule is COCC(C)NS(=O)(=O)c1ccc(CC(N)=S)cc1. The first kappa shape index (κ1) is 16.0. The molecule has 0 amide bonds. The van der Waals surface area contributed by atoms with Gasteiger partial charge in [0.25, 0.3) is 0 Å². The first-order chi connectivity index (χ1) is 8.85. The number of rotatable bonds is 7. The normalized spacial score (nSPS) is 13.2. The topological polar surface area (TPSA) is 81.4 Å². The van der Waals surface area contributed by atoms with Gasteiger partial charge in [0.05, 0.1) is 16.5 Å². The van der Waals surface area contributed by atoms with Crippen LogP contribution in [0.3, 0.4) is 0 Å². The zero-order valence-corrected chi connectivity index (χ0v) is 12.6. The van der Waals surface area contributed by atoms with Crippen molar-refractivity contribution >= 4 is 27.2 Å². The zero-order chi connectivity index (χ0) is 14.5. The summed E-state index contributed by atoms with van der Waals surface area (Å²) in [6, 6.07) is 6.19. The van der Waals surface area contributed by atoms with E-state index in [4.69, 9.17) is 22.7 Å². The van der Waals surface area contributed by atoms with E-state index in [1.54, 1.807) is 19.1 Å². The average Bonchev–Trinajstić information content (AvgIpc) is 2.28. The van der Waals surface area contributed by atoms with Crippen molar-refractivity contribution < 1.29 is 13.2 Å². The van der Waals surface area contributed by atoms with Crippen molar-refractivity contribution in [1.82, 2.24) is 4.72 Å². The average molecular weight is 302 g/mol. The Morgan fingerprint density at radius 1 is 1.42 bits per heavy atom. The Bertz CT molecular complexity index is 526. The first-order valence-corrected chi connectivity index (χ1v) is 7.63. The second-order valence-corrected chi connectivity index (χ2v) is 6.50. The third-order valence-electron chi connectivity index (χ3n) is 2.39. The minimum atomic E-state index is -3.52. The maximum absolute atomic E-state index is 12.0. The van der Waals surface area contributed by atoms with Crippen LogP contribution in [0.4, 0.5) is 0 Å². The third-order valence-corrected chi connectivity index (χ3v) is 4.13. The molecule has 19 heavy (non-hydrogen) atoms. The molecular weight excluding hydrogens is 284 g/mol. The summed E-state index contributed by atoms with van der Waals surface area (Å²) in [5.74, 6) is 0. The van der Waals surface area contributed by atoms with E-state index in [9.17, 15) is 8.42 Å². The largest absolute Gasteiger partial charge is 0.393 e. The third kappa shape index (κ3) is 5.23. The van der Waals surface area contributed by atoms with Gasteiger partial charge in [0.2, 0.25) is 10.0 Å². The van der Waals surface area contributed by atoms with Crippen LogP contribution in [0.2, 0.25) is 0 Å². The van der Waals surface area contributed by atoms with Crippen molar-refractivity contribution in [1.29, 1.82) is 0 Å². The highest BCUT2D eigenvalue weighted by Gasteiger charge is 2.16. The number of hydrogen-bond donors (Lipinski definition) is 2. The molecule has 0 aliphatic rings. The van der Waals surface area contributed by atoms with Gasteiger partial charge in [-0.1, -0.05) is 24.4 Å². The van der Waals surface area contributed by atoms with Gasteiger partial charge in [-0.05, 0) is 24.6 Å². The maximum atomic E-state index is 12.0. The number of nitrogens with two attached hydrogens (primary N) is 1. The maximum Gasteiger partial charge on any atom is 0.240 e. The molecule has 5 nitrogen and oxygen atoms in total. The Labute approximate surface area is 119 Å². The first-order valence-electron chi connectivity index (χ1n) is 5.73. The minimum Gasteiger partial charge on any atom is -0.393 e. The predicted molar refractivity (Wildman–Crippen MR) is 78.6 cm³/mol. The Balaban J connectivity index is 2.81. The monoisotopic (exact) mass is 302 g/mol. The van der Waals surface area contributed by atoms with Gasteiger partial charge >= 0.3 is 0 Å². The van der Waals surface area contributed by atoms with Crippen LogP contribution in [0.1, 0.15) is 12.5 Å². The van der Waals surface area contributed by atoms with E-state index in [1.165, 1.54) is 19.2 Å². The molecule has 1 aromatic rings. The van der Waals surface area contributed by atoms with Crippen LogP contribution in [0.5, 0.6) is 0 Å².